The summed E-state index contributed by atoms with van der Waals surface area (Å²) in [4.78, 5) is 42.8. The van der Waals surface area contributed by atoms with E-state index in [1.807, 2.05) is 35.2 Å². The van der Waals surface area contributed by atoms with Crippen molar-refractivity contribution in [1.82, 2.24) is 14.4 Å². The molecule has 4 aromatic rings. The van der Waals surface area contributed by atoms with E-state index in [1.54, 1.807) is 11.8 Å². The molecule has 1 saturated heterocycles. The second kappa shape index (κ2) is 10.9. The number of Topliss-reactive ketones (excluding diaryl/α,β-unsaturated/α-hetero) is 1. The molecule has 0 spiro atoms. The van der Waals surface area contributed by atoms with Crippen LogP contribution in [0.1, 0.15) is 47.3 Å². The Labute approximate surface area is 232 Å². The topological polar surface area (TPSA) is 88.6 Å². The SMILES string of the molecule is Cc1c(C(N)=O)cc(C(=O)CN2CCN(C(=O)c3cc4ccccc4s3)CC2)n1Cc1ccccc1C(F)(F)F. The van der Waals surface area contributed by atoms with Crippen LogP contribution < -0.4 is 5.73 Å². The highest BCUT2D eigenvalue weighted by atomic mass is 32.1. The second-order valence-electron chi connectivity index (χ2n) is 9.77. The first-order valence-electron chi connectivity index (χ1n) is 12.7. The molecule has 0 saturated carbocycles. The number of nitrogens with zero attached hydrogens (tertiary/aromatic N) is 3. The average Bonchev–Trinajstić information content (AvgIpc) is 3.50. The van der Waals surface area contributed by atoms with Gasteiger partial charge in [-0.2, -0.15) is 13.2 Å². The Morgan fingerprint density at radius 2 is 1.62 bits per heavy atom. The summed E-state index contributed by atoms with van der Waals surface area (Å²) in [7, 11) is 0. The standard InChI is InChI=1S/C29H27F3N4O3S/c1-18-21(27(33)38)15-23(36(18)16-20-7-2-4-8-22(20)29(30,31)32)24(37)17-34-10-12-35(13-11-34)28(39)26-14-19-6-3-5-9-25(19)40-26/h2-9,14-15H,10-13,16-17H2,1H3,(H2,33,38). The summed E-state index contributed by atoms with van der Waals surface area (Å²) in [6, 6.07) is 16.2. The van der Waals surface area contributed by atoms with E-state index >= 15 is 0 Å². The lowest BCUT2D eigenvalue weighted by Gasteiger charge is -2.34. The van der Waals surface area contributed by atoms with Crippen molar-refractivity contribution < 1.29 is 27.6 Å². The number of alkyl halides is 3. The van der Waals surface area contributed by atoms with Gasteiger partial charge in [0.2, 0.25) is 0 Å². The van der Waals surface area contributed by atoms with Crippen molar-refractivity contribution in [2.75, 3.05) is 32.7 Å². The van der Waals surface area contributed by atoms with E-state index < -0.39 is 17.6 Å². The van der Waals surface area contributed by atoms with Crippen LogP contribution >= 0.6 is 11.3 Å². The van der Waals surface area contributed by atoms with Gasteiger partial charge < -0.3 is 15.2 Å². The van der Waals surface area contributed by atoms with E-state index in [0.29, 0.717) is 36.8 Å². The molecule has 7 nitrogen and oxygen atoms in total. The summed E-state index contributed by atoms with van der Waals surface area (Å²) in [5.74, 6) is -1.15. The monoisotopic (exact) mass is 568 g/mol. The molecule has 1 aliphatic heterocycles. The Balaban J connectivity index is 1.30. The van der Waals surface area contributed by atoms with Crippen LogP contribution in [0.4, 0.5) is 13.2 Å². The summed E-state index contributed by atoms with van der Waals surface area (Å²) in [5.41, 5.74) is 5.21. The number of thiophene rings is 1. The Morgan fingerprint density at radius 3 is 2.30 bits per heavy atom. The normalized spacial score (nSPS) is 14.6. The first kappa shape index (κ1) is 27.6. The number of piperazine rings is 1. The van der Waals surface area contributed by atoms with Crippen molar-refractivity contribution in [3.05, 3.63) is 93.6 Å². The van der Waals surface area contributed by atoms with E-state index in [9.17, 15) is 27.6 Å². The number of hydrogen-bond acceptors (Lipinski definition) is 5. The van der Waals surface area contributed by atoms with Crippen LogP contribution in [-0.2, 0) is 12.7 Å². The summed E-state index contributed by atoms with van der Waals surface area (Å²) in [5, 5.41) is 1.02. The first-order chi connectivity index (χ1) is 19.0. The maximum Gasteiger partial charge on any atom is 0.416 e. The number of aromatic nitrogens is 1. The van der Waals surface area contributed by atoms with Crippen molar-refractivity contribution in [3.8, 4) is 0 Å². The number of hydrogen-bond donors (Lipinski definition) is 1. The third-order valence-electron chi connectivity index (χ3n) is 7.23. The quantitative estimate of drug-likeness (QED) is 0.324. The number of ketones is 1. The van der Waals surface area contributed by atoms with E-state index in [0.717, 1.165) is 16.2 Å². The molecule has 3 heterocycles. The van der Waals surface area contributed by atoms with E-state index in [1.165, 1.54) is 40.2 Å². The van der Waals surface area contributed by atoms with Gasteiger partial charge in [-0.3, -0.25) is 19.3 Å². The van der Waals surface area contributed by atoms with Crippen molar-refractivity contribution in [2.45, 2.75) is 19.6 Å². The second-order valence-corrected chi connectivity index (χ2v) is 10.9. The van der Waals surface area contributed by atoms with Gasteiger partial charge in [0.1, 0.15) is 0 Å². The van der Waals surface area contributed by atoms with Gasteiger partial charge in [-0.1, -0.05) is 36.4 Å². The van der Waals surface area contributed by atoms with Crippen LogP contribution in [0, 0.1) is 6.92 Å². The van der Waals surface area contributed by atoms with Gasteiger partial charge in [0.15, 0.2) is 5.78 Å². The highest BCUT2D eigenvalue weighted by Crippen LogP contribution is 2.33. The number of rotatable bonds is 7. The van der Waals surface area contributed by atoms with Crippen molar-refractivity contribution in [2.24, 2.45) is 5.73 Å². The number of halogens is 3. The molecule has 5 rings (SSSR count). The molecule has 2 aromatic carbocycles. The minimum absolute atomic E-state index is 0.00646. The largest absolute Gasteiger partial charge is 0.416 e. The van der Waals surface area contributed by atoms with Gasteiger partial charge in [-0.05, 0) is 42.1 Å². The number of fused-ring (bicyclic) bond motifs is 1. The van der Waals surface area contributed by atoms with Gasteiger partial charge in [0.25, 0.3) is 11.8 Å². The highest BCUT2D eigenvalue weighted by molar-refractivity contribution is 7.20. The molecule has 2 amide bonds. The molecule has 2 N–H and O–H groups in total. The highest BCUT2D eigenvalue weighted by Gasteiger charge is 2.34. The molecule has 0 bridgehead atoms. The fraction of sp³-hybridized carbons (Fsp3) is 0.276. The van der Waals surface area contributed by atoms with Crippen LogP contribution in [0.3, 0.4) is 0 Å². The molecule has 11 heteroatoms. The summed E-state index contributed by atoms with van der Waals surface area (Å²) in [6.07, 6.45) is -4.57. The average molecular weight is 569 g/mol. The Morgan fingerprint density at radius 1 is 0.950 bits per heavy atom. The number of amides is 2. The fourth-order valence-corrected chi connectivity index (χ4v) is 6.10. The Kier molecular flexibility index (Phi) is 7.52. The maximum absolute atomic E-state index is 13.6. The molecule has 208 valence electrons. The van der Waals surface area contributed by atoms with Crippen LogP contribution in [0.2, 0.25) is 0 Å². The number of carbonyl (C=O) groups is 3. The third kappa shape index (κ3) is 5.52. The van der Waals surface area contributed by atoms with Crippen LogP contribution in [0.25, 0.3) is 10.1 Å². The zero-order valence-electron chi connectivity index (χ0n) is 21.7. The zero-order chi connectivity index (χ0) is 28.6. The molecule has 0 atom stereocenters. The maximum atomic E-state index is 13.6. The minimum atomic E-state index is -4.57. The van der Waals surface area contributed by atoms with Crippen LogP contribution in [0.15, 0.2) is 60.7 Å². The van der Waals surface area contributed by atoms with Gasteiger partial charge in [0.05, 0.1) is 28.2 Å². The summed E-state index contributed by atoms with van der Waals surface area (Å²) >= 11 is 1.45. The lowest BCUT2D eigenvalue weighted by atomic mass is 10.1. The molecule has 1 aliphatic rings. The number of carbonyl (C=O) groups excluding carboxylic acids is 3. The molecular formula is C29H27F3N4O3S. The molecule has 1 fully saturated rings. The molecule has 0 aliphatic carbocycles. The number of benzene rings is 2. The van der Waals surface area contributed by atoms with Gasteiger partial charge >= 0.3 is 6.18 Å². The van der Waals surface area contributed by atoms with E-state index in [4.69, 9.17) is 5.73 Å². The number of nitrogens with two attached hydrogens (primary N) is 1. The lowest BCUT2D eigenvalue weighted by Crippen LogP contribution is -2.49. The summed E-state index contributed by atoms with van der Waals surface area (Å²) < 4.78 is 43.3. The molecule has 0 unspecified atom stereocenters. The van der Waals surface area contributed by atoms with E-state index in [-0.39, 0.29) is 41.6 Å². The molecule has 40 heavy (non-hydrogen) atoms. The van der Waals surface area contributed by atoms with Crippen molar-refractivity contribution in [1.29, 1.82) is 0 Å². The molecule has 2 aromatic heterocycles. The third-order valence-corrected chi connectivity index (χ3v) is 8.34. The van der Waals surface area contributed by atoms with Gasteiger partial charge in [0, 0.05) is 43.1 Å². The molecular weight excluding hydrogens is 541 g/mol. The Hall–Kier alpha value is -3.96. The molecule has 0 radical (unpaired) electrons. The smallest absolute Gasteiger partial charge is 0.366 e. The van der Waals surface area contributed by atoms with Crippen molar-refractivity contribution >= 4 is 39.0 Å². The predicted octanol–water partition coefficient (Wildman–Crippen LogP) is 4.82. The van der Waals surface area contributed by atoms with Crippen LogP contribution in [-0.4, -0.2) is 64.7 Å². The fourth-order valence-electron chi connectivity index (χ4n) is 5.07. The first-order valence-corrected chi connectivity index (χ1v) is 13.5. The predicted molar refractivity (Wildman–Crippen MR) is 147 cm³/mol. The zero-order valence-corrected chi connectivity index (χ0v) is 22.5. The lowest BCUT2D eigenvalue weighted by molar-refractivity contribution is -0.138. The van der Waals surface area contributed by atoms with Gasteiger partial charge in [-0.25, -0.2) is 0 Å². The van der Waals surface area contributed by atoms with Crippen molar-refractivity contribution in [3.63, 3.8) is 0 Å². The summed E-state index contributed by atoms with van der Waals surface area (Å²) in [6.45, 7) is 3.10. The van der Waals surface area contributed by atoms with E-state index in [2.05, 4.69) is 0 Å². The minimum Gasteiger partial charge on any atom is -0.366 e. The van der Waals surface area contributed by atoms with Gasteiger partial charge in [-0.15, -0.1) is 11.3 Å². The number of primary amides is 1. The Bertz CT molecular complexity index is 1570. The van der Waals surface area contributed by atoms with Crippen LogP contribution in [0.5, 0.6) is 0 Å².